The van der Waals surface area contributed by atoms with E-state index >= 15 is 0 Å². The molecule has 0 N–H and O–H groups in total. The second-order valence-corrected chi connectivity index (χ2v) is 9.13. The molecule has 5 rings (SSSR count). The molecule has 25 heavy (non-hydrogen) atoms. The molecule has 0 aliphatic carbocycles. The summed E-state index contributed by atoms with van der Waals surface area (Å²) in [6, 6.07) is 5.93. The monoisotopic (exact) mass is 366 g/mol. The van der Waals surface area contributed by atoms with Crippen LogP contribution in [0, 0.1) is 0 Å². The topological polar surface area (TPSA) is 46.2 Å². The average molecular weight is 366 g/mol. The summed E-state index contributed by atoms with van der Waals surface area (Å²) in [5.74, 6) is 0.244. The van der Waals surface area contributed by atoms with E-state index < -0.39 is 27.9 Å². The van der Waals surface area contributed by atoms with Gasteiger partial charge in [0.1, 0.15) is 11.5 Å². The molecule has 4 aliphatic heterocycles. The van der Waals surface area contributed by atoms with Crippen molar-refractivity contribution in [3.63, 3.8) is 0 Å². The lowest BCUT2D eigenvalue weighted by Crippen LogP contribution is -2.81. The minimum Gasteiger partial charge on any atom is -0.497 e. The van der Waals surface area contributed by atoms with Gasteiger partial charge in [-0.1, -0.05) is 6.07 Å². The molecule has 5 nitrogen and oxygen atoms in total. The van der Waals surface area contributed by atoms with Crippen LogP contribution < -0.4 is 9.47 Å². The molecule has 6 heteroatoms. The fourth-order valence-electron chi connectivity index (χ4n) is 5.59. The SMILES string of the molecule is COc1ccc(C2(P)C3(C)CC4(C)OC(C)(CC2(C)O4)O3)c(OC)c1. The van der Waals surface area contributed by atoms with E-state index in [1.54, 1.807) is 14.2 Å². The molecular formula is C19H27O5P. The zero-order chi connectivity index (χ0) is 18.3. The summed E-state index contributed by atoms with van der Waals surface area (Å²) in [6.45, 7) is 8.34. The van der Waals surface area contributed by atoms with Gasteiger partial charge in [0.15, 0.2) is 11.6 Å². The van der Waals surface area contributed by atoms with E-state index in [0.717, 1.165) is 17.1 Å². The third-order valence-corrected chi connectivity index (χ3v) is 7.67. The van der Waals surface area contributed by atoms with Crippen LogP contribution in [-0.4, -0.2) is 37.0 Å². The number of methoxy groups -OCH3 is 2. The lowest BCUT2D eigenvalue weighted by molar-refractivity contribution is -0.523. The van der Waals surface area contributed by atoms with Gasteiger partial charge in [-0.05, 0) is 33.8 Å². The van der Waals surface area contributed by atoms with Crippen molar-refractivity contribution >= 4 is 9.24 Å². The Morgan fingerprint density at radius 1 is 0.880 bits per heavy atom. The minimum absolute atomic E-state index is 0.480. The van der Waals surface area contributed by atoms with Crippen LogP contribution in [0.5, 0.6) is 11.5 Å². The van der Waals surface area contributed by atoms with Gasteiger partial charge in [0.05, 0.1) is 30.6 Å². The largest absolute Gasteiger partial charge is 0.497 e. The number of rotatable bonds is 3. The van der Waals surface area contributed by atoms with Crippen molar-refractivity contribution in [2.75, 3.05) is 14.2 Å². The highest BCUT2D eigenvalue weighted by Gasteiger charge is 2.77. The normalized spacial score (nSPS) is 47.8. The van der Waals surface area contributed by atoms with Crippen LogP contribution in [0.15, 0.2) is 18.2 Å². The first-order valence-electron chi connectivity index (χ1n) is 8.64. The van der Waals surface area contributed by atoms with Crippen molar-refractivity contribution < 1.29 is 23.7 Å². The minimum atomic E-state index is -0.644. The van der Waals surface area contributed by atoms with Gasteiger partial charge in [-0.15, -0.1) is 9.24 Å². The summed E-state index contributed by atoms with van der Waals surface area (Å²) in [4.78, 5) is 0. The third kappa shape index (κ3) is 2.10. The lowest BCUT2D eigenvalue weighted by atomic mass is 9.61. The van der Waals surface area contributed by atoms with Crippen LogP contribution in [0.4, 0.5) is 0 Å². The van der Waals surface area contributed by atoms with Crippen LogP contribution in [-0.2, 0) is 19.4 Å². The maximum atomic E-state index is 6.54. The van der Waals surface area contributed by atoms with Crippen LogP contribution >= 0.6 is 9.24 Å². The fourth-order valence-corrected chi connectivity index (χ4v) is 6.15. The van der Waals surface area contributed by atoms with E-state index in [-0.39, 0.29) is 0 Å². The van der Waals surface area contributed by atoms with Crippen LogP contribution in [0.25, 0.3) is 0 Å². The van der Waals surface area contributed by atoms with Crippen LogP contribution in [0.2, 0.25) is 0 Å². The van der Waals surface area contributed by atoms with E-state index in [2.05, 4.69) is 29.2 Å². The van der Waals surface area contributed by atoms with Gasteiger partial charge in [0.2, 0.25) is 0 Å². The summed E-state index contributed by atoms with van der Waals surface area (Å²) in [6.07, 6.45) is 1.29. The first-order chi connectivity index (χ1) is 11.5. The third-order valence-electron chi connectivity index (χ3n) is 6.13. The highest BCUT2D eigenvalue weighted by atomic mass is 31.0. The Bertz CT molecular complexity index is 689. The number of hydrogen-bond acceptors (Lipinski definition) is 5. The summed E-state index contributed by atoms with van der Waals surface area (Å²) >= 11 is 0. The Hall–Kier alpha value is -0.870. The Labute approximate surface area is 151 Å². The maximum absolute atomic E-state index is 6.54. The van der Waals surface area contributed by atoms with Gasteiger partial charge < -0.3 is 23.7 Å². The van der Waals surface area contributed by atoms with Gasteiger partial charge in [0.25, 0.3) is 0 Å². The van der Waals surface area contributed by atoms with Crippen LogP contribution in [0.1, 0.15) is 46.1 Å². The molecule has 5 atom stereocenters. The molecule has 0 aromatic heterocycles. The zero-order valence-electron chi connectivity index (χ0n) is 15.8. The summed E-state index contributed by atoms with van der Waals surface area (Å²) < 4.78 is 30.3. The molecule has 1 aromatic rings. The van der Waals surface area contributed by atoms with E-state index in [1.807, 2.05) is 26.0 Å². The molecule has 138 valence electrons. The van der Waals surface area contributed by atoms with Gasteiger partial charge in [-0.2, -0.15) is 0 Å². The highest BCUT2D eigenvalue weighted by Crippen LogP contribution is 2.70. The van der Waals surface area contributed by atoms with Gasteiger partial charge in [0, 0.05) is 24.5 Å². The molecule has 0 spiro atoms. The van der Waals surface area contributed by atoms with Crippen molar-refractivity contribution in [1.29, 1.82) is 0 Å². The van der Waals surface area contributed by atoms with E-state index in [9.17, 15) is 0 Å². The molecule has 0 radical (unpaired) electrons. The Morgan fingerprint density at radius 3 is 1.92 bits per heavy atom. The summed E-state index contributed by atoms with van der Waals surface area (Å²) in [5.41, 5.74) is 0.0794. The summed E-state index contributed by atoms with van der Waals surface area (Å²) in [5, 5.41) is -0.486. The predicted molar refractivity (Wildman–Crippen MR) is 97.0 cm³/mol. The average Bonchev–Trinajstić information content (AvgIpc) is 2.48. The predicted octanol–water partition coefficient (Wildman–Crippen LogP) is 3.59. The molecule has 4 fully saturated rings. The van der Waals surface area contributed by atoms with Crippen LogP contribution in [0.3, 0.4) is 0 Å². The molecule has 0 saturated carbocycles. The van der Waals surface area contributed by atoms with Gasteiger partial charge in [-0.3, -0.25) is 0 Å². The molecule has 4 bridgehead atoms. The molecule has 4 heterocycles. The van der Waals surface area contributed by atoms with Crippen molar-refractivity contribution in [2.24, 2.45) is 0 Å². The number of hydrogen-bond donors (Lipinski definition) is 0. The quantitative estimate of drug-likeness (QED) is 0.765. The van der Waals surface area contributed by atoms with E-state index in [0.29, 0.717) is 12.8 Å². The van der Waals surface area contributed by atoms with E-state index in [1.165, 1.54) is 0 Å². The molecule has 5 unspecified atom stereocenters. The van der Waals surface area contributed by atoms with E-state index in [4.69, 9.17) is 23.7 Å². The molecule has 4 saturated heterocycles. The molecule has 4 aliphatic rings. The van der Waals surface area contributed by atoms with Crippen molar-refractivity contribution in [3.05, 3.63) is 23.8 Å². The maximum Gasteiger partial charge on any atom is 0.172 e. The Morgan fingerprint density at radius 2 is 1.44 bits per heavy atom. The number of ether oxygens (including phenoxy) is 5. The van der Waals surface area contributed by atoms with Gasteiger partial charge >= 0.3 is 0 Å². The number of benzene rings is 1. The standard InChI is InChI=1S/C19H27O5P/c1-15-10-17(3)23-16(2,11-18(4,22-15)24-17)19(15,25)13-8-7-12(20-5)9-14(13)21-6/h7-9H,10-11,25H2,1-6H3. The van der Waals surface area contributed by atoms with Crippen molar-refractivity contribution in [1.82, 2.24) is 0 Å². The molecule has 1 aromatic carbocycles. The second kappa shape index (κ2) is 4.89. The van der Waals surface area contributed by atoms with Gasteiger partial charge in [-0.25, -0.2) is 0 Å². The smallest absolute Gasteiger partial charge is 0.172 e. The molecule has 0 amide bonds. The lowest BCUT2D eigenvalue weighted by Gasteiger charge is -2.73. The second-order valence-electron chi connectivity index (χ2n) is 8.26. The zero-order valence-corrected chi connectivity index (χ0v) is 16.9. The first-order valence-corrected chi connectivity index (χ1v) is 9.22. The molecular weight excluding hydrogens is 339 g/mol. The Kier molecular flexibility index (Phi) is 3.43. The fraction of sp³-hybridized carbons (Fsp3) is 0.684. The first kappa shape index (κ1) is 17.5. The van der Waals surface area contributed by atoms with Crippen molar-refractivity contribution in [3.8, 4) is 11.5 Å². The Balaban J connectivity index is 1.93. The highest BCUT2D eigenvalue weighted by molar-refractivity contribution is 7.19. The summed E-state index contributed by atoms with van der Waals surface area (Å²) in [7, 11) is 6.38. The van der Waals surface area contributed by atoms with Crippen molar-refractivity contribution in [2.45, 2.75) is 68.5 Å².